The van der Waals surface area contributed by atoms with Gasteiger partial charge < -0.3 is 10.2 Å². The monoisotopic (exact) mass is 454 g/mol. The fourth-order valence-corrected chi connectivity index (χ4v) is 3.56. The first kappa shape index (κ1) is 21.0. The van der Waals surface area contributed by atoms with E-state index in [4.69, 9.17) is 5.26 Å². The molecule has 3 rings (SSSR count). The van der Waals surface area contributed by atoms with Gasteiger partial charge in [0.05, 0.1) is 18.2 Å². The minimum absolute atomic E-state index is 0.00448. The van der Waals surface area contributed by atoms with Crippen molar-refractivity contribution in [3.63, 3.8) is 0 Å². The summed E-state index contributed by atoms with van der Waals surface area (Å²) in [5, 5.41) is 11.6. The van der Waals surface area contributed by atoms with Gasteiger partial charge in [-0.15, -0.1) is 0 Å². The van der Waals surface area contributed by atoms with Crippen LogP contribution in [0, 0.1) is 11.3 Å². The van der Waals surface area contributed by atoms with E-state index in [1.807, 2.05) is 29.2 Å². The first-order chi connectivity index (χ1) is 14.0. The van der Waals surface area contributed by atoms with Gasteiger partial charge in [0.2, 0.25) is 5.91 Å². The molecule has 0 radical (unpaired) electrons. The molecule has 1 saturated heterocycles. The molecule has 1 aliphatic rings. The summed E-state index contributed by atoms with van der Waals surface area (Å²) in [4.78, 5) is 28.9. The number of nitrogens with zero attached hydrogens (tertiary/aromatic N) is 3. The van der Waals surface area contributed by atoms with Gasteiger partial charge in [0, 0.05) is 42.8 Å². The molecular formula is C22H23BrN4O2. The molecule has 0 spiro atoms. The summed E-state index contributed by atoms with van der Waals surface area (Å²) in [5.41, 5.74) is 2.35. The van der Waals surface area contributed by atoms with Crippen molar-refractivity contribution in [1.82, 2.24) is 15.1 Å². The lowest BCUT2D eigenvalue weighted by Crippen LogP contribution is -2.42. The second-order valence-electron chi connectivity index (χ2n) is 7.01. The first-order valence-electron chi connectivity index (χ1n) is 9.58. The zero-order chi connectivity index (χ0) is 20.6. The van der Waals surface area contributed by atoms with Gasteiger partial charge in [-0.25, -0.2) is 0 Å². The molecular weight excluding hydrogens is 432 g/mol. The number of carbonyl (C=O) groups excluding carboxylic acids is 2. The second kappa shape index (κ2) is 10.2. The summed E-state index contributed by atoms with van der Waals surface area (Å²) in [7, 11) is 0. The summed E-state index contributed by atoms with van der Waals surface area (Å²) in [6.45, 7) is 3.83. The molecule has 0 aliphatic carbocycles. The van der Waals surface area contributed by atoms with Gasteiger partial charge in [0.1, 0.15) is 0 Å². The van der Waals surface area contributed by atoms with Crippen LogP contribution in [0.3, 0.4) is 0 Å². The van der Waals surface area contributed by atoms with E-state index in [2.05, 4.69) is 32.2 Å². The molecule has 7 heteroatoms. The molecule has 1 aliphatic heterocycles. The van der Waals surface area contributed by atoms with E-state index in [-0.39, 0.29) is 18.4 Å². The van der Waals surface area contributed by atoms with Crippen LogP contribution in [0.15, 0.2) is 53.0 Å². The van der Waals surface area contributed by atoms with Gasteiger partial charge in [-0.05, 0) is 48.4 Å². The quantitative estimate of drug-likeness (QED) is 0.753. The van der Waals surface area contributed by atoms with Gasteiger partial charge >= 0.3 is 0 Å². The van der Waals surface area contributed by atoms with E-state index in [1.54, 1.807) is 24.3 Å². The van der Waals surface area contributed by atoms with E-state index in [0.29, 0.717) is 24.2 Å². The van der Waals surface area contributed by atoms with Gasteiger partial charge in [-0.2, -0.15) is 5.26 Å². The molecule has 0 aromatic heterocycles. The van der Waals surface area contributed by atoms with Crippen LogP contribution >= 0.6 is 15.9 Å². The van der Waals surface area contributed by atoms with Gasteiger partial charge in [0.15, 0.2) is 0 Å². The molecule has 1 N–H and O–H groups in total. The first-order valence-corrected chi connectivity index (χ1v) is 10.4. The van der Waals surface area contributed by atoms with Crippen LogP contribution in [-0.2, 0) is 11.3 Å². The zero-order valence-electron chi connectivity index (χ0n) is 16.1. The molecule has 2 aromatic carbocycles. The summed E-state index contributed by atoms with van der Waals surface area (Å²) >= 11 is 3.34. The van der Waals surface area contributed by atoms with Crippen molar-refractivity contribution in [3.8, 4) is 6.07 Å². The Bertz CT molecular complexity index is 891. The molecule has 0 atom stereocenters. The third kappa shape index (κ3) is 6.14. The smallest absolute Gasteiger partial charge is 0.251 e. The maximum absolute atomic E-state index is 12.5. The number of rotatable bonds is 5. The molecule has 1 fully saturated rings. The average Bonchev–Trinajstić information content (AvgIpc) is 2.98. The number of hydrogen-bond donors (Lipinski definition) is 1. The van der Waals surface area contributed by atoms with Crippen LogP contribution in [0.2, 0.25) is 0 Å². The lowest BCUT2D eigenvalue weighted by Gasteiger charge is -2.22. The van der Waals surface area contributed by atoms with Crippen molar-refractivity contribution in [2.45, 2.75) is 13.0 Å². The van der Waals surface area contributed by atoms with Crippen LogP contribution in [0.25, 0.3) is 0 Å². The van der Waals surface area contributed by atoms with E-state index >= 15 is 0 Å². The highest BCUT2D eigenvalue weighted by molar-refractivity contribution is 9.10. The standard InChI is InChI=1S/C22H23BrN4O2/c23-20-8-6-19(7-9-20)22(29)25-15-21(28)27-11-1-10-26(12-13-27)16-18-4-2-17(14-24)3-5-18/h2-9H,1,10-13,15-16H2,(H,25,29). The Hall–Kier alpha value is -2.69. The van der Waals surface area contributed by atoms with Gasteiger partial charge in [-0.3, -0.25) is 14.5 Å². The second-order valence-corrected chi connectivity index (χ2v) is 7.92. The summed E-state index contributed by atoms with van der Waals surface area (Å²) < 4.78 is 0.903. The molecule has 2 aromatic rings. The molecule has 0 unspecified atom stereocenters. The van der Waals surface area contributed by atoms with E-state index in [9.17, 15) is 9.59 Å². The van der Waals surface area contributed by atoms with Crippen LogP contribution in [0.1, 0.15) is 27.9 Å². The minimum Gasteiger partial charge on any atom is -0.343 e. The summed E-state index contributed by atoms with van der Waals surface area (Å²) in [5.74, 6) is -0.307. The number of amides is 2. The van der Waals surface area contributed by atoms with Gasteiger partial charge in [0.25, 0.3) is 5.91 Å². The van der Waals surface area contributed by atoms with E-state index in [0.717, 1.165) is 36.1 Å². The highest BCUT2D eigenvalue weighted by Crippen LogP contribution is 2.12. The summed E-state index contributed by atoms with van der Waals surface area (Å²) in [6, 6.07) is 16.8. The molecule has 1 heterocycles. The Morgan fingerprint density at radius 1 is 1.00 bits per heavy atom. The lowest BCUT2D eigenvalue weighted by molar-refractivity contribution is -0.130. The van der Waals surface area contributed by atoms with Crippen molar-refractivity contribution in [2.24, 2.45) is 0 Å². The maximum atomic E-state index is 12.5. The van der Waals surface area contributed by atoms with Crippen LogP contribution in [-0.4, -0.2) is 54.3 Å². The molecule has 2 amide bonds. The summed E-state index contributed by atoms with van der Waals surface area (Å²) in [6.07, 6.45) is 0.892. The number of nitriles is 1. The number of halogens is 1. The zero-order valence-corrected chi connectivity index (χ0v) is 17.7. The molecule has 0 bridgehead atoms. The SMILES string of the molecule is N#Cc1ccc(CN2CCCN(C(=O)CNC(=O)c3ccc(Br)cc3)CC2)cc1. The largest absolute Gasteiger partial charge is 0.343 e. The Labute approximate surface area is 179 Å². The average molecular weight is 455 g/mol. The molecule has 0 saturated carbocycles. The predicted molar refractivity (Wildman–Crippen MR) is 114 cm³/mol. The Kier molecular flexibility index (Phi) is 7.39. The molecule has 150 valence electrons. The van der Waals surface area contributed by atoms with Crippen LogP contribution in [0.4, 0.5) is 0 Å². The van der Waals surface area contributed by atoms with Crippen LogP contribution < -0.4 is 5.32 Å². The fraction of sp³-hybridized carbons (Fsp3) is 0.318. The lowest BCUT2D eigenvalue weighted by atomic mass is 10.1. The van der Waals surface area contributed by atoms with Crippen LogP contribution in [0.5, 0.6) is 0 Å². The van der Waals surface area contributed by atoms with Crippen molar-refractivity contribution >= 4 is 27.7 Å². The maximum Gasteiger partial charge on any atom is 0.251 e. The van der Waals surface area contributed by atoms with Crippen molar-refractivity contribution in [3.05, 3.63) is 69.7 Å². The van der Waals surface area contributed by atoms with Gasteiger partial charge in [-0.1, -0.05) is 28.1 Å². The fourth-order valence-electron chi connectivity index (χ4n) is 3.29. The number of benzene rings is 2. The predicted octanol–water partition coefficient (Wildman–Crippen LogP) is 2.79. The third-order valence-corrected chi connectivity index (χ3v) is 5.47. The minimum atomic E-state index is -0.247. The normalized spacial score (nSPS) is 14.7. The highest BCUT2D eigenvalue weighted by atomic mass is 79.9. The topological polar surface area (TPSA) is 76.4 Å². The Morgan fingerprint density at radius 3 is 2.41 bits per heavy atom. The number of carbonyl (C=O) groups is 2. The third-order valence-electron chi connectivity index (χ3n) is 4.94. The molecule has 6 nitrogen and oxygen atoms in total. The number of hydrogen-bond acceptors (Lipinski definition) is 4. The highest BCUT2D eigenvalue weighted by Gasteiger charge is 2.19. The Morgan fingerprint density at radius 2 is 1.72 bits per heavy atom. The Balaban J connectivity index is 1.46. The van der Waals surface area contributed by atoms with Crippen molar-refractivity contribution < 1.29 is 9.59 Å². The molecule has 29 heavy (non-hydrogen) atoms. The van der Waals surface area contributed by atoms with Crippen molar-refractivity contribution in [1.29, 1.82) is 5.26 Å². The van der Waals surface area contributed by atoms with E-state index < -0.39 is 0 Å². The number of nitrogens with one attached hydrogen (secondary N) is 1. The van der Waals surface area contributed by atoms with E-state index in [1.165, 1.54) is 0 Å². The van der Waals surface area contributed by atoms with Crippen molar-refractivity contribution in [2.75, 3.05) is 32.7 Å².